The molecule has 1 atom stereocenters. The van der Waals surface area contributed by atoms with Crippen LogP contribution in [0.2, 0.25) is 0 Å². The van der Waals surface area contributed by atoms with E-state index in [2.05, 4.69) is 37.1 Å². The van der Waals surface area contributed by atoms with E-state index >= 15 is 0 Å². The largest absolute Gasteiger partial charge is 0.306 e. The molecule has 1 aromatic rings. The van der Waals surface area contributed by atoms with E-state index in [1.54, 1.807) is 5.57 Å². The Morgan fingerprint density at radius 1 is 1.41 bits per heavy atom. The molecular weight excluding hydrogens is 228 g/mol. The highest BCUT2D eigenvalue weighted by atomic mass is 32.1. The summed E-state index contributed by atoms with van der Waals surface area (Å²) in [6.45, 7) is 7.42. The third-order valence-electron chi connectivity index (χ3n) is 3.31. The van der Waals surface area contributed by atoms with E-state index in [1.807, 2.05) is 11.3 Å². The van der Waals surface area contributed by atoms with Gasteiger partial charge in [-0.05, 0) is 46.1 Å². The van der Waals surface area contributed by atoms with Crippen LogP contribution in [0.3, 0.4) is 0 Å². The van der Waals surface area contributed by atoms with Crippen LogP contribution in [0.1, 0.15) is 54.2 Å². The maximum absolute atomic E-state index is 4.56. The molecule has 1 aromatic heterocycles. The van der Waals surface area contributed by atoms with Crippen molar-refractivity contribution in [2.45, 2.75) is 52.5 Å². The van der Waals surface area contributed by atoms with Crippen LogP contribution in [-0.4, -0.2) is 11.5 Å². The van der Waals surface area contributed by atoms with Crippen molar-refractivity contribution in [2.24, 2.45) is 0 Å². The van der Waals surface area contributed by atoms with Gasteiger partial charge in [-0.2, -0.15) is 0 Å². The van der Waals surface area contributed by atoms with Gasteiger partial charge in [-0.25, -0.2) is 4.98 Å². The van der Waals surface area contributed by atoms with E-state index < -0.39 is 0 Å². The number of likely N-dealkylation sites (N-methyl/N-ethyl adjacent to an activating group) is 1. The average molecular weight is 250 g/mol. The summed E-state index contributed by atoms with van der Waals surface area (Å²) in [5.41, 5.74) is 2.77. The van der Waals surface area contributed by atoms with Crippen LogP contribution in [0.15, 0.2) is 11.6 Å². The number of allylic oxidation sites excluding steroid dienone is 1. The first-order valence-electron chi connectivity index (χ1n) is 6.58. The van der Waals surface area contributed by atoms with Crippen LogP contribution >= 0.6 is 11.3 Å². The van der Waals surface area contributed by atoms with Crippen molar-refractivity contribution in [1.82, 2.24) is 10.3 Å². The number of nitrogens with zero attached hydrogens (tertiary/aromatic N) is 1. The summed E-state index contributed by atoms with van der Waals surface area (Å²) in [4.78, 5) is 5.97. The maximum atomic E-state index is 4.56. The molecule has 1 aliphatic rings. The van der Waals surface area contributed by atoms with Gasteiger partial charge in [0.2, 0.25) is 0 Å². The predicted octanol–water partition coefficient (Wildman–Crippen LogP) is 3.91. The zero-order valence-electron chi connectivity index (χ0n) is 11.0. The Bertz CT molecular complexity index is 406. The van der Waals surface area contributed by atoms with Crippen molar-refractivity contribution in [3.8, 4) is 0 Å². The molecule has 1 heterocycles. The zero-order valence-corrected chi connectivity index (χ0v) is 11.9. The van der Waals surface area contributed by atoms with Gasteiger partial charge in [0.25, 0.3) is 0 Å². The van der Waals surface area contributed by atoms with Crippen LogP contribution in [0, 0.1) is 13.8 Å². The molecule has 0 aromatic carbocycles. The quantitative estimate of drug-likeness (QED) is 0.820. The SMILES string of the molecule is CCNC(C1=CCCCC1)c1sc(C)nc1C. The Balaban J connectivity index is 2.27. The fourth-order valence-corrected chi connectivity index (χ4v) is 3.58. The average Bonchev–Trinajstić information content (AvgIpc) is 2.66. The molecule has 94 valence electrons. The van der Waals surface area contributed by atoms with Crippen LogP contribution in [-0.2, 0) is 0 Å². The van der Waals surface area contributed by atoms with Crippen molar-refractivity contribution >= 4 is 11.3 Å². The molecule has 0 amide bonds. The van der Waals surface area contributed by atoms with Gasteiger partial charge < -0.3 is 5.32 Å². The summed E-state index contributed by atoms with van der Waals surface area (Å²) in [5.74, 6) is 0. The Kier molecular flexibility index (Phi) is 4.35. The van der Waals surface area contributed by atoms with Crippen LogP contribution in [0.25, 0.3) is 0 Å². The molecule has 0 radical (unpaired) electrons. The molecule has 17 heavy (non-hydrogen) atoms. The number of aryl methyl sites for hydroxylation is 2. The lowest BCUT2D eigenvalue weighted by Crippen LogP contribution is -2.23. The fraction of sp³-hybridized carbons (Fsp3) is 0.643. The first kappa shape index (κ1) is 12.8. The van der Waals surface area contributed by atoms with Crippen molar-refractivity contribution < 1.29 is 0 Å². The van der Waals surface area contributed by atoms with Gasteiger partial charge in [0.05, 0.1) is 16.7 Å². The minimum atomic E-state index is 0.409. The summed E-state index contributed by atoms with van der Waals surface area (Å²) in [5, 5.41) is 4.80. The first-order chi connectivity index (χ1) is 8.22. The summed E-state index contributed by atoms with van der Waals surface area (Å²) >= 11 is 1.84. The van der Waals surface area contributed by atoms with Crippen LogP contribution < -0.4 is 5.32 Å². The van der Waals surface area contributed by atoms with Crippen LogP contribution in [0.4, 0.5) is 0 Å². The van der Waals surface area contributed by atoms with E-state index in [9.17, 15) is 0 Å². The monoisotopic (exact) mass is 250 g/mol. The van der Waals surface area contributed by atoms with Crippen molar-refractivity contribution in [1.29, 1.82) is 0 Å². The summed E-state index contributed by atoms with van der Waals surface area (Å²) in [7, 11) is 0. The van der Waals surface area contributed by atoms with Gasteiger partial charge >= 0.3 is 0 Å². The van der Waals surface area contributed by atoms with Gasteiger partial charge in [0.15, 0.2) is 0 Å². The number of aromatic nitrogens is 1. The second-order valence-electron chi connectivity index (χ2n) is 4.70. The van der Waals surface area contributed by atoms with E-state index in [1.165, 1.54) is 41.3 Å². The Labute approximate surface area is 108 Å². The Hall–Kier alpha value is -0.670. The third-order valence-corrected chi connectivity index (χ3v) is 4.44. The highest BCUT2D eigenvalue weighted by Gasteiger charge is 2.21. The van der Waals surface area contributed by atoms with E-state index in [-0.39, 0.29) is 0 Å². The first-order valence-corrected chi connectivity index (χ1v) is 7.40. The fourth-order valence-electron chi connectivity index (χ4n) is 2.54. The van der Waals surface area contributed by atoms with Gasteiger partial charge in [-0.3, -0.25) is 0 Å². The molecule has 2 nitrogen and oxygen atoms in total. The smallest absolute Gasteiger partial charge is 0.0900 e. The molecule has 1 unspecified atom stereocenters. The lowest BCUT2D eigenvalue weighted by Gasteiger charge is -2.23. The summed E-state index contributed by atoms with van der Waals surface area (Å²) in [6, 6.07) is 0.409. The number of hydrogen-bond donors (Lipinski definition) is 1. The number of hydrogen-bond acceptors (Lipinski definition) is 3. The molecule has 2 rings (SSSR count). The minimum Gasteiger partial charge on any atom is -0.306 e. The van der Waals surface area contributed by atoms with Crippen molar-refractivity contribution in [3.05, 3.63) is 27.2 Å². The van der Waals surface area contributed by atoms with E-state index in [0.717, 1.165) is 6.54 Å². The number of thiazole rings is 1. The van der Waals surface area contributed by atoms with Gasteiger partial charge in [0, 0.05) is 4.88 Å². The molecular formula is C14H22N2S. The zero-order chi connectivity index (χ0) is 12.3. The highest BCUT2D eigenvalue weighted by molar-refractivity contribution is 7.11. The third kappa shape index (κ3) is 2.96. The normalized spacial score (nSPS) is 17.9. The van der Waals surface area contributed by atoms with E-state index in [0.29, 0.717) is 6.04 Å². The molecule has 0 saturated heterocycles. The molecule has 1 aliphatic carbocycles. The van der Waals surface area contributed by atoms with Gasteiger partial charge in [-0.15, -0.1) is 11.3 Å². The standard InChI is InChI=1S/C14H22N2S/c1-4-15-13(12-8-6-5-7-9-12)14-10(2)16-11(3)17-14/h8,13,15H,4-7,9H2,1-3H3. The molecule has 3 heteroatoms. The Morgan fingerprint density at radius 2 is 2.24 bits per heavy atom. The maximum Gasteiger partial charge on any atom is 0.0900 e. The van der Waals surface area contributed by atoms with E-state index in [4.69, 9.17) is 0 Å². The number of rotatable bonds is 4. The van der Waals surface area contributed by atoms with Gasteiger partial charge in [0.1, 0.15) is 0 Å². The molecule has 0 bridgehead atoms. The number of nitrogens with one attached hydrogen (secondary N) is 1. The van der Waals surface area contributed by atoms with Gasteiger partial charge in [-0.1, -0.05) is 18.6 Å². The molecule has 1 N–H and O–H groups in total. The predicted molar refractivity (Wildman–Crippen MR) is 74.6 cm³/mol. The second kappa shape index (κ2) is 5.78. The molecule has 0 saturated carbocycles. The minimum absolute atomic E-state index is 0.409. The molecule has 0 aliphatic heterocycles. The highest BCUT2D eigenvalue weighted by Crippen LogP contribution is 2.34. The lowest BCUT2D eigenvalue weighted by molar-refractivity contribution is 0.567. The summed E-state index contributed by atoms with van der Waals surface area (Å²) in [6.07, 6.45) is 7.61. The lowest BCUT2D eigenvalue weighted by atomic mass is 9.92. The van der Waals surface area contributed by atoms with Crippen LogP contribution in [0.5, 0.6) is 0 Å². The summed E-state index contributed by atoms with van der Waals surface area (Å²) < 4.78 is 0. The van der Waals surface area contributed by atoms with Crippen molar-refractivity contribution in [3.63, 3.8) is 0 Å². The second-order valence-corrected chi connectivity index (χ2v) is 5.93. The molecule has 0 spiro atoms. The topological polar surface area (TPSA) is 24.9 Å². The Morgan fingerprint density at radius 3 is 2.76 bits per heavy atom. The van der Waals surface area contributed by atoms with Crippen molar-refractivity contribution in [2.75, 3.05) is 6.54 Å². The molecule has 0 fully saturated rings.